The Hall–Kier alpha value is -1.52. The summed E-state index contributed by atoms with van der Waals surface area (Å²) in [4.78, 5) is 23.4. The predicted molar refractivity (Wildman–Crippen MR) is 54.5 cm³/mol. The summed E-state index contributed by atoms with van der Waals surface area (Å²) >= 11 is 0. The molecule has 84 valence electrons. The first kappa shape index (κ1) is 11.6. The summed E-state index contributed by atoms with van der Waals surface area (Å²) in [7, 11) is 0. The van der Waals surface area contributed by atoms with E-state index in [9.17, 15) is 9.59 Å². The van der Waals surface area contributed by atoms with E-state index in [1.165, 1.54) is 4.90 Å². The molecule has 5 heteroatoms. The molecule has 0 saturated carbocycles. The second-order valence-corrected chi connectivity index (χ2v) is 4.46. The third-order valence-corrected chi connectivity index (χ3v) is 1.89. The van der Waals surface area contributed by atoms with Crippen LogP contribution in [0.25, 0.3) is 0 Å². The normalized spacial score (nSPS) is 16.9. The predicted octanol–water partition coefficient (Wildman–Crippen LogP) is 0.415. The first-order valence-electron chi connectivity index (χ1n) is 4.70. The summed E-state index contributed by atoms with van der Waals surface area (Å²) in [6.07, 6.45) is 0.135. The van der Waals surface area contributed by atoms with E-state index < -0.39 is 11.7 Å². The van der Waals surface area contributed by atoms with Gasteiger partial charge in [-0.05, 0) is 20.8 Å². The van der Waals surface area contributed by atoms with Crippen LogP contribution in [0.3, 0.4) is 0 Å². The average Bonchev–Trinajstić information content (AvgIpc) is 2.43. The van der Waals surface area contributed by atoms with Gasteiger partial charge in [-0.15, -0.1) is 0 Å². The van der Waals surface area contributed by atoms with Crippen molar-refractivity contribution in [1.29, 1.82) is 0 Å². The van der Waals surface area contributed by atoms with Crippen LogP contribution in [-0.4, -0.2) is 41.1 Å². The van der Waals surface area contributed by atoms with Crippen molar-refractivity contribution in [3.8, 4) is 0 Å². The minimum atomic E-state index is -0.552. The van der Waals surface area contributed by atoms with E-state index in [2.05, 4.69) is 0 Å². The van der Waals surface area contributed by atoms with Gasteiger partial charge in [0, 0.05) is 0 Å². The number of amides is 1. The van der Waals surface area contributed by atoms with Crippen LogP contribution in [0, 0.1) is 0 Å². The summed E-state index contributed by atoms with van der Waals surface area (Å²) < 4.78 is 5.12. The Bertz CT molecular complexity index is 314. The molecule has 1 aliphatic heterocycles. The van der Waals surface area contributed by atoms with Gasteiger partial charge in [0.1, 0.15) is 17.7 Å². The topological polar surface area (TPSA) is 69.5 Å². The largest absolute Gasteiger partial charge is 0.595 e. The number of nitrogens with zero attached hydrogens (tertiary/aromatic N) is 1. The van der Waals surface area contributed by atoms with Crippen LogP contribution in [0.15, 0.2) is 11.3 Å². The van der Waals surface area contributed by atoms with Crippen LogP contribution < -0.4 is 0 Å². The zero-order valence-corrected chi connectivity index (χ0v) is 9.16. The van der Waals surface area contributed by atoms with Crippen LogP contribution in [0.1, 0.15) is 20.8 Å². The van der Waals surface area contributed by atoms with Crippen LogP contribution in [0.4, 0.5) is 4.79 Å². The molecule has 15 heavy (non-hydrogen) atoms. The minimum absolute atomic E-state index is 0.156. The van der Waals surface area contributed by atoms with Crippen LogP contribution in [-0.2, 0) is 9.53 Å². The number of carbonyl (C=O) groups excluding carboxylic acids is 2. The maximum Gasteiger partial charge on any atom is 0.411 e. The van der Waals surface area contributed by atoms with E-state index >= 15 is 0 Å². The molecule has 0 saturated heterocycles. The van der Waals surface area contributed by atoms with Crippen molar-refractivity contribution in [3.05, 3.63) is 11.3 Å². The molecule has 0 aromatic carbocycles. The van der Waals surface area contributed by atoms with Gasteiger partial charge in [-0.3, -0.25) is 9.69 Å². The van der Waals surface area contributed by atoms with E-state index in [1.54, 1.807) is 20.8 Å². The van der Waals surface area contributed by atoms with Crippen molar-refractivity contribution in [3.63, 3.8) is 0 Å². The molecule has 0 aromatic heterocycles. The number of rotatable bonds is 1. The first-order chi connectivity index (χ1) is 6.83. The first-order valence-corrected chi connectivity index (χ1v) is 4.70. The van der Waals surface area contributed by atoms with Gasteiger partial charge in [0.25, 0.3) is 5.76 Å². The maximum absolute atomic E-state index is 11.5. The fraction of sp³-hybridized carbons (Fsp3) is 0.600. The Morgan fingerprint density at radius 1 is 1.47 bits per heavy atom. The SMILES string of the molecule is CC(C)(C)OC(=O)N1CC([OH2+])=C(C=O)C1. The van der Waals surface area contributed by atoms with Gasteiger partial charge in [0.05, 0.1) is 6.54 Å². The quantitative estimate of drug-likeness (QED) is 0.469. The lowest BCUT2D eigenvalue weighted by atomic mass is 10.2. The lowest BCUT2D eigenvalue weighted by molar-refractivity contribution is -0.105. The Labute approximate surface area is 88.3 Å². The standard InChI is InChI=1S/C10H15NO4/c1-10(2,3)15-9(14)11-4-7(6-12)8(13)5-11/h6,13H,4-5H2,1-3H3/p+1. The number of aldehydes is 1. The van der Waals surface area contributed by atoms with Gasteiger partial charge in [-0.25, -0.2) is 4.79 Å². The number of hydrogen-bond acceptors (Lipinski definition) is 3. The van der Waals surface area contributed by atoms with Crippen molar-refractivity contribution < 1.29 is 19.4 Å². The van der Waals surface area contributed by atoms with Gasteiger partial charge < -0.3 is 9.84 Å². The molecule has 0 radical (unpaired) electrons. The second kappa shape index (κ2) is 3.92. The summed E-state index contributed by atoms with van der Waals surface area (Å²) in [5.74, 6) is 0.191. The van der Waals surface area contributed by atoms with Crippen LogP contribution in [0.2, 0.25) is 0 Å². The highest BCUT2D eigenvalue weighted by atomic mass is 16.6. The Morgan fingerprint density at radius 2 is 2.07 bits per heavy atom. The lowest BCUT2D eigenvalue weighted by Crippen LogP contribution is -2.35. The third kappa shape index (κ3) is 2.97. The Kier molecular flexibility index (Phi) is 3.02. The van der Waals surface area contributed by atoms with Crippen molar-refractivity contribution in [2.24, 2.45) is 0 Å². The summed E-state index contributed by atoms with van der Waals surface area (Å²) in [5, 5.41) is 7.44. The van der Waals surface area contributed by atoms with Crippen molar-refractivity contribution in [1.82, 2.24) is 4.90 Å². The molecular formula is C10H16NO4+. The van der Waals surface area contributed by atoms with E-state index in [0.29, 0.717) is 11.9 Å². The molecule has 0 aromatic rings. The van der Waals surface area contributed by atoms with Crippen molar-refractivity contribution >= 4 is 12.4 Å². The van der Waals surface area contributed by atoms with E-state index in [-0.39, 0.29) is 18.8 Å². The summed E-state index contributed by atoms with van der Waals surface area (Å²) in [6.45, 7) is 5.66. The monoisotopic (exact) mass is 214 g/mol. The van der Waals surface area contributed by atoms with Crippen LogP contribution in [0.5, 0.6) is 0 Å². The van der Waals surface area contributed by atoms with E-state index in [4.69, 9.17) is 9.84 Å². The lowest BCUT2D eigenvalue weighted by Gasteiger charge is -2.23. The smallest absolute Gasteiger partial charge is 0.411 e. The third-order valence-electron chi connectivity index (χ3n) is 1.89. The second-order valence-electron chi connectivity index (χ2n) is 4.46. The number of hydrogen-bond donors (Lipinski definition) is 0. The zero-order chi connectivity index (χ0) is 11.6. The van der Waals surface area contributed by atoms with Gasteiger partial charge >= 0.3 is 6.09 Å². The molecule has 1 aliphatic rings. The summed E-state index contributed by atoms with van der Waals surface area (Å²) in [5.41, 5.74) is -0.204. The van der Waals surface area contributed by atoms with E-state index in [0.717, 1.165) is 0 Å². The molecule has 1 rings (SSSR count). The maximum atomic E-state index is 11.5. The highest BCUT2D eigenvalue weighted by molar-refractivity contribution is 5.79. The molecule has 2 N–H and O–H groups in total. The zero-order valence-electron chi connectivity index (χ0n) is 9.16. The highest BCUT2D eigenvalue weighted by Crippen LogP contribution is 2.17. The fourth-order valence-corrected chi connectivity index (χ4v) is 1.21. The molecule has 0 spiro atoms. The van der Waals surface area contributed by atoms with Crippen molar-refractivity contribution in [2.75, 3.05) is 13.1 Å². The summed E-state index contributed by atoms with van der Waals surface area (Å²) in [6, 6.07) is 0. The van der Waals surface area contributed by atoms with Crippen LogP contribution >= 0.6 is 0 Å². The molecule has 5 nitrogen and oxygen atoms in total. The Balaban J connectivity index is 2.57. The van der Waals surface area contributed by atoms with Gasteiger partial charge in [0.15, 0.2) is 6.29 Å². The molecular weight excluding hydrogens is 198 g/mol. The molecule has 1 heterocycles. The van der Waals surface area contributed by atoms with Gasteiger partial charge in [-0.2, -0.15) is 0 Å². The molecule has 0 fully saturated rings. The molecule has 0 bridgehead atoms. The fourth-order valence-electron chi connectivity index (χ4n) is 1.21. The number of carbonyl (C=O) groups is 2. The van der Waals surface area contributed by atoms with E-state index in [1.807, 2.05) is 0 Å². The van der Waals surface area contributed by atoms with Gasteiger partial charge in [-0.1, -0.05) is 0 Å². The number of ether oxygens (including phenoxy) is 1. The highest BCUT2D eigenvalue weighted by Gasteiger charge is 2.31. The molecule has 0 atom stereocenters. The Morgan fingerprint density at radius 3 is 2.47 bits per heavy atom. The molecule has 1 amide bonds. The minimum Gasteiger partial charge on any atom is -0.595 e. The molecule has 0 unspecified atom stereocenters. The molecule has 0 aliphatic carbocycles. The average molecular weight is 214 g/mol. The van der Waals surface area contributed by atoms with Crippen molar-refractivity contribution in [2.45, 2.75) is 26.4 Å². The van der Waals surface area contributed by atoms with Gasteiger partial charge in [0.2, 0.25) is 0 Å².